The van der Waals surface area contributed by atoms with E-state index < -0.39 is 11.6 Å². The van der Waals surface area contributed by atoms with E-state index in [2.05, 4.69) is 19.2 Å². The Hall–Kier alpha value is -0.970. The molecule has 4 saturated carbocycles. The molecule has 0 aromatic heterocycles. The Balaban J connectivity index is 1.50. The first-order valence-electron chi connectivity index (χ1n) is 11.7. The second-order valence-electron chi connectivity index (χ2n) is 11.0. The average Bonchev–Trinajstić information content (AvgIpc) is 3.37. The van der Waals surface area contributed by atoms with Gasteiger partial charge in [0.25, 0.3) is 5.92 Å². The van der Waals surface area contributed by atoms with E-state index >= 15 is 0 Å². The quantitative estimate of drug-likeness (QED) is 0.376. The number of fused-ring (bicyclic) bond motifs is 5. The van der Waals surface area contributed by atoms with E-state index in [9.17, 15) is 13.6 Å². The van der Waals surface area contributed by atoms with Gasteiger partial charge in [0.1, 0.15) is 0 Å². The predicted molar refractivity (Wildman–Crippen MR) is 107 cm³/mol. The molecule has 0 aromatic rings. The number of allylic oxidation sites excluding steroid dienone is 2. The number of ether oxygens (including phenoxy) is 1. The van der Waals surface area contributed by atoms with Crippen molar-refractivity contribution in [1.82, 2.24) is 5.32 Å². The van der Waals surface area contributed by atoms with Crippen molar-refractivity contribution in [3.8, 4) is 0 Å². The number of esters is 1. The highest BCUT2D eigenvalue weighted by Crippen LogP contribution is 2.68. The monoisotopic (exact) mass is 407 g/mol. The first kappa shape index (κ1) is 20.0. The Morgan fingerprint density at radius 2 is 1.79 bits per heavy atom. The third kappa shape index (κ3) is 2.78. The van der Waals surface area contributed by atoms with Gasteiger partial charge in [-0.25, -0.2) is 8.78 Å². The van der Waals surface area contributed by atoms with E-state index in [4.69, 9.17) is 4.74 Å². The molecule has 6 atom stereocenters. The summed E-state index contributed by atoms with van der Waals surface area (Å²) in [5, 5.41) is 3.73. The Morgan fingerprint density at radius 1 is 1.07 bits per heavy atom. The number of hydrogen-bond acceptors (Lipinski definition) is 3. The second-order valence-corrected chi connectivity index (χ2v) is 11.0. The summed E-state index contributed by atoms with van der Waals surface area (Å²) in [6, 6.07) is 0.454. The van der Waals surface area contributed by atoms with Crippen LogP contribution >= 0.6 is 0 Å². The molecule has 0 bridgehead atoms. The largest absolute Gasteiger partial charge is 0.443 e. The molecule has 1 N–H and O–H groups in total. The Labute approximate surface area is 173 Å². The summed E-state index contributed by atoms with van der Waals surface area (Å²) in [4.78, 5) is 12.1. The van der Waals surface area contributed by atoms with Gasteiger partial charge in [0, 0.05) is 36.8 Å². The maximum atomic E-state index is 14.8. The van der Waals surface area contributed by atoms with Gasteiger partial charge in [0.2, 0.25) is 0 Å². The third-order valence-electron chi connectivity index (χ3n) is 9.50. The minimum Gasteiger partial charge on any atom is -0.443 e. The van der Waals surface area contributed by atoms with Crippen LogP contribution in [0.15, 0.2) is 11.6 Å². The molecule has 1 unspecified atom stereocenters. The van der Waals surface area contributed by atoms with Crippen LogP contribution in [-0.2, 0) is 9.53 Å². The summed E-state index contributed by atoms with van der Waals surface area (Å²) in [6.45, 7) is 5.93. The van der Waals surface area contributed by atoms with Crippen molar-refractivity contribution >= 4 is 5.97 Å². The van der Waals surface area contributed by atoms with Gasteiger partial charge in [-0.2, -0.15) is 0 Å². The lowest BCUT2D eigenvalue weighted by atomic mass is 9.47. The van der Waals surface area contributed by atoms with Crippen LogP contribution in [0.4, 0.5) is 8.78 Å². The maximum Gasteiger partial charge on any atom is 0.304 e. The molecular formula is C24H35F2NO2. The molecular weight excluding hydrogens is 372 g/mol. The number of rotatable bonds is 3. The van der Waals surface area contributed by atoms with Gasteiger partial charge in [0.05, 0.1) is 0 Å². The zero-order valence-corrected chi connectivity index (χ0v) is 18.0. The summed E-state index contributed by atoms with van der Waals surface area (Å²) in [5.74, 6) is -1.71. The van der Waals surface area contributed by atoms with Gasteiger partial charge in [0.15, 0.2) is 5.72 Å². The normalized spacial score (nSPS) is 48.2. The molecule has 5 heteroatoms. The maximum absolute atomic E-state index is 14.8. The van der Waals surface area contributed by atoms with Crippen LogP contribution < -0.4 is 5.32 Å². The lowest BCUT2D eigenvalue weighted by molar-refractivity contribution is -0.192. The van der Waals surface area contributed by atoms with Crippen LogP contribution in [0.25, 0.3) is 0 Å². The summed E-state index contributed by atoms with van der Waals surface area (Å²) < 4.78 is 35.6. The van der Waals surface area contributed by atoms with Crippen LogP contribution in [-0.4, -0.2) is 23.7 Å². The lowest BCUT2D eigenvalue weighted by Crippen LogP contribution is -2.62. The van der Waals surface area contributed by atoms with Gasteiger partial charge in [-0.3, -0.25) is 10.1 Å². The van der Waals surface area contributed by atoms with Crippen molar-refractivity contribution < 1.29 is 18.3 Å². The number of nitrogens with one attached hydrogen (secondary N) is 1. The zero-order valence-electron chi connectivity index (χ0n) is 18.0. The molecule has 4 fully saturated rings. The van der Waals surface area contributed by atoms with Gasteiger partial charge in [-0.1, -0.05) is 19.9 Å². The number of hydrogen-bond donors (Lipinski definition) is 1. The average molecular weight is 408 g/mol. The van der Waals surface area contributed by atoms with E-state index in [0.717, 1.165) is 51.4 Å². The summed E-state index contributed by atoms with van der Waals surface area (Å²) in [6.07, 6.45) is 10.2. The molecule has 0 amide bonds. The van der Waals surface area contributed by atoms with Crippen LogP contribution in [0, 0.1) is 28.6 Å². The first-order valence-corrected chi connectivity index (χ1v) is 11.7. The Bertz CT molecular complexity index is 747. The first-order chi connectivity index (χ1) is 13.6. The number of carbonyl (C=O) groups excluding carboxylic acids is 1. The molecule has 0 spiro atoms. The SMILES string of the molecule is CC(=O)OC1(NC2CC2)CC[C@H]2[C@@H]3CC=C4C(F)(F)CCC[C@]4(C)[C@@H]3CC[C@@]21C. The molecule has 162 valence electrons. The third-order valence-corrected chi connectivity index (χ3v) is 9.50. The highest BCUT2D eigenvalue weighted by molar-refractivity contribution is 5.66. The lowest BCUT2D eigenvalue weighted by Gasteiger charge is -2.59. The molecule has 5 aliphatic carbocycles. The number of carbonyl (C=O) groups is 1. The minimum atomic E-state index is -2.64. The number of halogens is 2. The van der Waals surface area contributed by atoms with Crippen LogP contribution in [0.1, 0.15) is 85.0 Å². The van der Waals surface area contributed by atoms with Gasteiger partial charge >= 0.3 is 5.97 Å². The van der Waals surface area contributed by atoms with Crippen LogP contribution in [0.3, 0.4) is 0 Å². The summed E-state index contributed by atoms with van der Waals surface area (Å²) in [7, 11) is 0. The van der Waals surface area contributed by atoms with Gasteiger partial charge in [-0.15, -0.1) is 0 Å². The molecule has 5 aliphatic rings. The molecule has 0 heterocycles. The minimum absolute atomic E-state index is 0.00776. The zero-order chi connectivity index (χ0) is 20.7. The fourth-order valence-electron chi connectivity index (χ4n) is 8.03. The van der Waals surface area contributed by atoms with Crippen molar-refractivity contribution in [3.05, 3.63) is 11.6 Å². The highest BCUT2D eigenvalue weighted by Gasteiger charge is 2.67. The van der Waals surface area contributed by atoms with Crippen molar-refractivity contribution in [2.75, 3.05) is 0 Å². The molecule has 0 aliphatic heterocycles. The molecule has 0 radical (unpaired) electrons. The van der Waals surface area contributed by atoms with E-state index in [1.165, 1.54) is 6.92 Å². The van der Waals surface area contributed by atoms with E-state index in [0.29, 0.717) is 35.8 Å². The van der Waals surface area contributed by atoms with Gasteiger partial charge in [-0.05, 0) is 74.5 Å². The van der Waals surface area contributed by atoms with Crippen molar-refractivity contribution in [2.24, 2.45) is 28.6 Å². The van der Waals surface area contributed by atoms with Crippen molar-refractivity contribution in [2.45, 2.75) is 103 Å². The predicted octanol–water partition coefficient (Wildman–Crippen LogP) is 5.60. The fraction of sp³-hybridized carbons (Fsp3) is 0.875. The topological polar surface area (TPSA) is 38.3 Å². The highest BCUT2D eigenvalue weighted by atomic mass is 19.3. The standard InChI is InChI=1S/C24H35F2NO2/c1-15(28)29-24(27-16-5-6-16)14-10-19-17-7-8-20-21(2,11-4-12-23(20,25)26)18(17)9-13-22(19,24)3/h8,16-19,27H,4-7,9-14H2,1-3H3/t17-,18-,19+,21-,22+,24?/m1/s1. The Morgan fingerprint density at radius 3 is 2.48 bits per heavy atom. The van der Waals surface area contributed by atoms with Crippen LogP contribution in [0.2, 0.25) is 0 Å². The van der Waals surface area contributed by atoms with E-state index in [1.807, 2.05) is 6.08 Å². The van der Waals surface area contributed by atoms with Crippen LogP contribution in [0.5, 0.6) is 0 Å². The smallest absolute Gasteiger partial charge is 0.304 e. The van der Waals surface area contributed by atoms with E-state index in [1.54, 1.807) is 0 Å². The van der Waals surface area contributed by atoms with E-state index in [-0.39, 0.29) is 23.2 Å². The van der Waals surface area contributed by atoms with Crippen molar-refractivity contribution in [3.63, 3.8) is 0 Å². The van der Waals surface area contributed by atoms with Crippen molar-refractivity contribution in [1.29, 1.82) is 0 Å². The molecule has 0 saturated heterocycles. The molecule has 29 heavy (non-hydrogen) atoms. The number of alkyl halides is 2. The fourth-order valence-corrected chi connectivity index (χ4v) is 8.03. The molecule has 5 rings (SSSR count). The Kier molecular flexibility index (Phi) is 4.32. The summed E-state index contributed by atoms with van der Waals surface area (Å²) in [5.41, 5.74) is -0.650. The summed E-state index contributed by atoms with van der Waals surface area (Å²) >= 11 is 0. The molecule has 0 aromatic carbocycles. The molecule has 3 nitrogen and oxygen atoms in total. The van der Waals surface area contributed by atoms with Gasteiger partial charge < -0.3 is 4.74 Å². The second kappa shape index (κ2) is 6.27.